The third-order valence-electron chi connectivity index (χ3n) is 4.52. The van der Waals surface area contributed by atoms with Crippen molar-refractivity contribution in [2.45, 2.75) is 44.8 Å². The quantitative estimate of drug-likeness (QED) is 0.879. The van der Waals surface area contributed by atoms with Gasteiger partial charge >= 0.3 is 6.18 Å². The molecule has 1 aliphatic rings. The van der Waals surface area contributed by atoms with Crippen LogP contribution in [0.25, 0.3) is 0 Å². The predicted octanol–water partition coefficient (Wildman–Crippen LogP) is 3.36. The average molecular weight is 356 g/mol. The van der Waals surface area contributed by atoms with Gasteiger partial charge in [-0.15, -0.1) is 0 Å². The van der Waals surface area contributed by atoms with Crippen molar-refractivity contribution in [3.05, 3.63) is 35.4 Å². The molecular formula is C18H23F3N2O2. The standard InChI is InChI=1S/C18H23F3N2O2/c1-23(12-13-7-9-15(10-8-13)18(19,20)21)16(24)11-22-17(25)14-5-3-2-4-6-14/h7-10,14H,2-6,11-12H2,1H3,(H,22,25). The highest BCUT2D eigenvalue weighted by molar-refractivity contribution is 5.85. The summed E-state index contributed by atoms with van der Waals surface area (Å²) in [5.74, 6) is -0.373. The van der Waals surface area contributed by atoms with Crippen molar-refractivity contribution in [3.8, 4) is 0 Å². The Balaban J connectivity index is 1.80. The van der Waals surface area contributed by atoms with Gasteiger partial charge < -0.3 is 10.2 Å². The van der Waals surface area contributed by atoms with Crippen molar-refractivity contribution in [2.24, 2.45) is 5.92 Å². The van der Waals surface area contributed by atoms with Gasteiger partial charge in [0.2, 0.25) is 11.8 Å². The molecule has 1 N–H and O–H groups in total. The summed E-state index contributed by atoms with van der Waals surface area (Å²) in [6, 6.07) is 4.71. The van der Waals surface area contributed by atoms with Gasteiger partial charge in [-0.05, 0) is 30.5 Å². The predicted molar refractivity (Wildman–Crippen MR) is 87.5 cm³/mol. The van der Waals surface area contributed by atoms with Crippen molar-refractivity contribution < 1.29 is 22.8 Å². The maximum Gasteiger partial charge on any atom is 0.416 e. The Morgan fingerprint density at radius 3 is 2.28 bits per heavy atom. The van der Waals surface area contributed by atoms with Crippen LogP contribution in [0, 0.1) is 5.92 Å². The lowest BCUT2D eigenvalue weighted by Gasteiger charge is -2.22. The second kappa shape index (κ2) is 8.36. The monoisotopic (exact) mass is 356 g/mol. The van der Waals surface area contributed by atoms with Crippen LogP contribution in [0.15, 0.2) is 24.3 Å². The summed E-state index contributed by atoms with van der Waals surface area (Å²) < 4.78 is 37.6. The maximum atomic E-state index is 12.5. The van der Waals surface area contributed by atoms with Gasteiger partial charge in [0, 0.05) is 19.5 Å². The maximum absolute atomic E-state index is 12.5. The van der Waals surface area contributed by atoms with Gasteiger partial charge in [-0.2, -0.15) is 13.2 Å². The van der Waals surface area contributed by atoms with Crippen LogP contribution >= 0.6 is 0 Å². The Bertz CT molecular complexity index is 593. The van der Waals surface area contributed by atoms with Crippen molar-refractivity contribution >= 4 is 11.8 Å². The lowest BCUT2D eigenvalue weighted by molar-refractivity contribution is -0.137. The van der Waals surface area contributed by atoms with Crippen LogP contribution in [0.2, 0.25) is 0 Å². The Labute approximate surface area is 145 Å². The number of hydrogen-bond acceptors (Lipinski definition) is 2. The van der Waals surface area contributed by atoms with E-state index in [2.05, 4.69) is 5.32 Å². The van der Waals surface area contributed by atoms with Gasteiger partial charge in [-0.25, -0.2) is 0 Å². The molecule has 1 fully saturated rings. The molecular weight excluding hydrogens is 333 g/mol. The molecule has 0 atom stereocenters. The second-order valence-electron chi connectivity index (χ2n) is 6.50. The van der Waals surface area contributed by atoms with Crippen molar-refractivity contribution in [1.82, 2.24) is 10.2 Å². The number of halogens is 3. The van der Waals surface area contributed by atoms with Crippen LogP contribution in [-0.2, 0) is 22.3 Å². The SMILES string of the molecule is CN(Cc1ccc(C(F)(F)F)cc1)C(=O)CNC(=O)C1CCCCC1. The summed E-state index contributed by atoms with van der Waals surface area (Å²) >= 11 is 0. The molecule has 0 aliphatic heterocycles. The molecule has 4 nitrogen and oxygen atoms in total. The molecule has 0 spiro atoms. The van der Waals surface area contributed by atoms with Crippen LogP contribution in [0.3, 0.4) is 0 Å². The number of nitrogens with zero attached hydrogens (tertiary/aromatic N) is 1. The zero-order valence-electron chi connectivity index (χ0n) is 14.2. The van der Waals surface area contributed by atoms with Crippen LogP contribution in [0.5, 0.6) is 0 Å². The van der Waals surface area contributed by atoms with Crippen LogP contribution in [0.1, 0.15) is 43.2 Å². The zero-order valence-corrected chi connectivity index (χ0v) is 14.2. The van der Waals surface area contributed by atoms with E-state index in [0.29, 0.717) is 5.56 Å². The largest absolute Gasteiger partial charge is 0.416 e. The number of amides is 2. The molecule has 2 amide bonds. The third kappa shape index (κ3) is 5.76. The summed E-state index contributed by atoms with van der Waals surface area (Å²) in [5.41, 5.74) is -0.118. The zero-order chi connectivity index (χ0) is 18.4. The summed E-state index contributed by atoms with van der Waals surface area (Å²) in [6.07, 6.45) is 0.588. The van der Waals surface area contributed by atoms with E-state index >= 15 is 0 Å². The number of carbonyl (C=O) groups excluding carboxylic acids is 2. The first-order valence-electron chi connectivity index (χ1n) is 8.45. The molecule has 1 aliphatic carbocycles. The smallest absolute Gasteiger partial charge is 0.347 e. The van der Waals surface area contributed by atoms with Crippen LogP contribution in [0.4, 0.5) is 13.2 Å². The minimum Gasteiger partial charge on any atom is -0.347 e. The first kappa shape index (κ1) is 19.3. The Hall–Kier alpha value is -2.05. The lowest BCUT2D eigenvalue weighted by Crippen LogP contribution is -2.40. The highest BCUT2D eigenvalue weighted by Crippen LogP contribution is 2.29. The molecule has 7 heteroatoms. The number of benzene rings is 1. The third-order valence-corrected chi connectivity index (χ3v) is 4.52. The minimum absolute atomic E-state index is 0.0123. The Morgan fingerprint density at radius 1 is 1.12 bits per heavy atom. The molecule has 1 aromatic rings. The summed E-state index contributed by atoms with van der Waals surface area (Å²) in [7, 11) is 1.56. The molecule has 0 heterocycles. The lowest BCUT2D eigenvalue weighted by atomic mass is 9.89. The van der Waals surface area contributed by atoms with E-state index < -0.39 is 11.7 Å². The minimum atomic E-state index is -4.37. The number of nitrogens with one attached hydrogen (secondary N) is 1. The topological polar surface area (TPSA) is 49.4 Å². The highest BCUT2D eigenvalue weighted by atomic mass is 19.4. The first-order valence-corrected chi connectivity index (χ1v) is 8.45. The molecule has 1 saturated carbocycles. The van der Waals surface area contributed by atoms with E-state index in [1.807, 2.05) is 0 Å². The van der Waals surface area contributed by atoms with E-state index in [1.54, 1.807) is 7.05 Å². The van der Waals surface area contributed by atoms with Gasteiger partial charge in [-0.1, -0.05) is 31.4 Å². The summed E-state index contributed by atoms with van der Waals surface area (Å²) in [6.45, 7) is 0.0999. The summed E-state index contributed by atoms with van der Waals surface area (Å²) in [5, 5.41) is 2.67. The van der Waals surface area contributed by atoms with Gasteiger partial charge in [0.1, 0.15) is 0 Å². The number of alkyl halides is 3. The fourth-order valence-corrected chi connectivity index (χ4v) is 2.97. The van der Waals surface area contributed by atoms with Gasteiger partial charge in [0.15, 0.2) is 0 Å². The molecule has 0 aromatic heterocycles. The van der Waals surface area contributed by atoms with Gasteiger partial charge in [0.05, 0.1) is 12.1 Å². The molecule has 1 aromatic carbocycles. The van der Waals surface area contributed by atoms with Crippen LogP contribution in [-0.4, -0.2) is 30.3 Å². The number of carbonyl (C=O) groups is 2. The van der Waals surface area contributed by atoms with E-state index in [1.165, 1.54) is 17.0 Å². The molecule has 25 heavy (non-hydrogen) atoms. The summed E-state index contributed by atoms with van der Waals surface area (Å²) in [4.78, 5) is 25.5. The van der Waals surface area contributed by atoms with E-state index in [4.69, 9.17) is 0 Å². The van der Waals surface area contributed by atoms with E-state index in [-0.39, 0.29) is 30.8 Å². The van der Waals surface area contributed by atoms with Crippen molar-refractivity contribution in [3.63, 3.8) is 0 Å². The van der Waals surface area contributed by atoms with Gasteiger partial charge in [0.25, 0.3) is 0 Å². The molecule has 0 unspecified atom stereocenters. The Morgan fingerprint density at radius 2 is 1.72 bits per heavy atom. The second-order valence-corrected chi connectivity index (χ2v) is 6.50. The normalized spacial score (nSPS) is 15.7. The number of hydrogen-bond donors (Lipinski definition) is 1. The molecule has 0 bridgehead atoms. The molecule has 2 rings (SSSR count). The highest BCUT2D eigenvalue weighted by Gasteiger charge is 2.30. The van der Waals surface area contributed by atoms with Crippen LogP contribution < -0.4 is 5.32 Å². The van der Waals surface area contributed by atoms with Gasteiger partial charge in [-0.3, -0.25) is 9.59 Å². The van der Waals surface area contributed by atoms with E-state index in [0.717, 1.165) is 44.2 Å². The first-order chi connectivity index (χ1) is 11.8. The Kier molecular flexibility index (Phi) is 6.45. The molecule has 0 radical (unpaired) electrons. The number of rotatable bonds is 5. The molecule has 0 saturated heterocycles. The van der Waals surface area contributed by atoms with Crippen molar-refractivity contribution in [2.75, 3.05) is 13.6 Å². The molecule has 138 valence electrons. The fraction of sp³-hybridized carbons (Fsp3) is 0.556. The number of likely N-dealkylation sites (N-methyl/N-ethyl adjacent to an activating group) is 1. The average Bonchev–Trinajstić information content (AvgIpc) is 2.59. The van der Waals surface area contributed by atoms with E-state index in [9.17, 15) is 22.8 Å². The van der Waals surface area contributed by atoms with Crippen molar-refractivity contribution in [1.29, 1.82) is 0 Å². The fourth-order valence-electron chi connectivity index (χ4n) is 2.97.